The summed E-state index contributed by atoms with van der Waals surface area (Å²) >= 11 is 0. The van der Waals surface area contributed by atoms with Gasteiger partial charge in [-0.1, -0.05) is 41.5 Å². The van der Waals surface area contributed by atoms with Crippen molar-refractivity contribution in [1.82, 2.24) is 57.2 Å². The second-order valence-corrected chi connectivity index (χ2v) is 26.2. The molecule has 3 rings (SSSR count). The number of amides is 12. The lowest BCUT2D eigenvalue weighted by atomic mass is 9.99. The van der Waals surface area contributed by atoms with Crippen LogP contribution in [-0.2, 0) is 71.4 Å². The number of carbonyl (C=O) groups excluding carboxylic acids is 12. The van der Waals surface area contributed by atoms with Crippen LogP contribution in [0, 0.1) is 17.8 Å². The number of hydrogen-bond donors (Lipinski definition) is 18. The van der Waals surface area contributed by atoms with Gasteiger partial charge in [-0.15, -0.1) is 4.52 Å². The predicted molar refractivity (Wildman–Crippen MR) is 314 cm³/mol. The van der Waals surface area contributed by atoms with Gasteiger partial charge in [0, 0.05) is 32.5 Å². The number of primary amides is 1. The molecular weight excluding hydrogens is 1240 g/mol. The highest BCUT2D eigenvalue weighted by Gasteiger charge is 2.49. The second kappa shape index (κ2) is 36.0. The molecule has 0 radical (unpaired) electrons. The van der Waals surface area contributed by atoms with E-state index in [0.717, 1.165) is 16.7 Å². The van der Waals surface area contributed by atoms with E-state index in [4.69, 9.17) is 15.4 Å². The van der Waals surface area contributed by atoms with Crippen molar-refractivity contribution in [2.24, 2.45) is 23.5 Å². The van der Waals surface area contributed by atoms with E-state index in [2.05, 4.69) is 47.5 Å². The van der Waals surface area contributed by atoms with Crippen LogP contribution in [0.4, 0.5) is 0 Å². The number of nitrogens with two attached hydrogens (primary N) is 1. The lowest BCUT2D eigenvalue weighted by molar-refractivity contribution is -0.408. The molecule has 3 aliphatic heterocycles. The molecule has 36 nitrogen and oxygen atoms in total. The van der Waals surface area contributed by atoms with E-state index in [1.165, 1.54) is 4.90 Å². The fraction of sp³-hybridized carbons (Fsp3) is 0.750. The fourth-order valence-corrected chi connectivity index (χ4v) is 11.4. The summed E-state index contributed by atoms with van der Waals surface area (Å²) in [5.74, 6) is -13.0. The summed E-state index contributed by atoms with van der Waals surface area (Å²) in [6.45, 7) is 8.12. The van der Waals surface area contributed by atoms with Crippen molar-refractivity contribution in [3.8, 4) is 0 Å². The molecule has 38 heteroatoms. The zero-order valence-corrected chi connectivity index (χ0v) is 53.3. The number of aliphatic carboxylic acids is 1. The van der Waals surface area contributed by atoms with Gasteiger partial charge in [0.05, 0.1) is 13.2 Å². The molecule has 0 bridgehead atoms. The van der Waals surface area contributed by atoms with Crippen molar-refractivity contribution in [2.45, 2.75) is 186 Å². The summed E-state index contributed by atoms with van der Waals surface area (Å²) in [6, 6.07) is -14.2. The van der Waals surface area contributed by atoms with Gasteiger partial charge in [-0.05, 0) is 82.5 Å². The molecule has 3 aliphatic rings. The van der Waals surface area contributed by atoms with Gasteiger partial charge in [0.2, 0.25) is 65.0 Å². The number of hydrogen-bond acceptors (Lipinski definition) is 22. The quantitative estimate of drug-likeness (QED) is 0.0259. The first kappa shape index (κ1) is 77.8. The average Bonchev–Trinajstić information content (AvgIpc) is 1.61. The largest absolute Gasteiger partial charge is 0.567 e. The first-order valence-corrected chi connectivity index (χ1v) is 32.7. The van der Waals surface area contributed by atoms with E-state index in [1.807, 2.05) is 19.2 Å². The van der Waals surface area contributed by atoms with Gasteiger partial charge in [-0.25, -0.2) is 0 Å². The Labute approximate surface area is 520 Å². The standard InChI is InChI=1S/C52H89N13O23P2/c1-26(2)19-30(53)50(78)63-16-8-11-36(63)49(77)60-34(24-66)43(71)55-22-40(68)57-32(20-27(3)4)46(74)59-33(21-28(5)6)47(75)62-42(29(7)88-90(84,85)86)52(80)65-18-10-13-38(65)51(79)64-17-9-12-37(64)48(76)58-31(14-15-39(54)67)45(73)61-35(25-87-89(81,82)83)44(72)56-23-41(69)70/h26-38,42,66,81-86H,8-25,53H2,1-7H3,(H9-2,54,55,56,57,58,59,60,61,62,67,68,69,70,71,72,73,74,75,76,77)/p+3/t29-,30-,31-,32-,33-,34-,35-,36-,37-,38-,42-/m0/s1. The minimum atomic E-state index is -5.18. The number of nitrogens with zero attached hydrogens (tertiary/aromatic N) is 3. The van der Waals surface area contributed by atoms with E-state index in [-0.39, 0.29) is 75.3 Å². The molecule has 0 aliphatic carbocycles. The molecule has 0 aromatic rings. The lowest BCUT2D eigenvalue weighted by Gasteiger charge is -2.34. The normalized spacial score (nSPS) is 19.6. The summed E-state index contributed by atoms with van der Waals surface area (Å²) in [7, 11) is -10.2. The molecule has 0 aromatic carbocycles. The Balaban J connectivity index is 1.82. The Kier molecular flexibility index (Phi) is 31.1. The zero-order chi connectivity index (χ0) is 68.1. The van der Waals surface area contributed by atoms with E-state index < -0.39 is 193 Å². The molecule has 0 aromatic heterocycles. The van der Waals surface area contributed by atoms with Crippen LogP contribution < -0.4 is 54.0 Å². The minimum absolute atomic E-state index is 0.0140. The van der Waals surface area contributed by atoms with Crippen LogP contribution in [0.1, 0.15) is 119 Å². The lowest BCUT2D eigenvalue weighted by Crippen LogP contribution is -2.69. The zero-order valence-electron chi connectivity index (χ0n) is 51.5. The summed E-state index contributed by atoms with van der Waals surface area (Å²) in [6.07, 6.45) is -1.29. The first-order chi connectivity index (χ1) is 41.8. The van der Waals surface area contributed by atoms with Crippen LogP contribution in [0.15, 0.2) is 0 Å². The number of nitrogens with one attached hydrogen (secondary N) is 8. The topological polar surface area (TPSA) is 562 Å². The van der Waals surface area contributed by atoms with Crippen molar-refractivity contribution in [3.63, 3.8) is 0 Å². The summed E-state index contributed by atoms with van der Waals surface area (Å²) in [5, 5.41) is 37.9. The Morgan fingerprint density at radius 1 is 0.544 bits per heavy atom. The van der Waals surface area contributed by atoms with Gasteiger partial charge >= 0.3 is 22.3 Å². The molecule has 3 fully saturated rings. The molecular formula is C52H92N13O23P2+3. The van der Waals surface area contributed by atoms with Crippen molar-refractivity contribution in [3.05, 3.63) is 0 Å². The van der Waals surface area contributed by atoms with Crippen LogP contribution in [0.2, 0.25) is 0 Å². The Hall–Kier alpha value is -6.43. The van der Waals surface area contributed by atoms with E-state index in [0.29, 0.717) is 25.8 Å². The van der Waals surface area contributed by atoms with Gasteiger partial charge in [-0.2, -0.15) is 33.9 Å². The number of quaternary nitrogens is 1. The maximum Gasteiger partial charge on any atom is 0.567 e. The van der Waals surface area contributed by atoms with Gasteiger partial charge in [0.15, 0.2) is 6.04 Å². The monoisotopic (exact) mass is 1330 g/mol. The molecule has 510 valence electrons. The minimum Gasteiger partial charge on any atom is -0.480 e. The average molecular weight is 1330 g/mol. The maximum absolute atomic E-state index is 14.7. The van der Waals surface area contributed by atoms with Crippen molar-refractivity contribution >= 4 is 93.2 Å². The predicted octanol–water partition coefficient (Wildman–Crippen LogP) is -7.08. The van der Waals surface area contributed by atoms with Crippen molar-refractivity contribution < 1.29 is 117 Å². The Morgan fingerprint density at radius 2 is 1.00 bits per heavy atom. The van der Waals surface area contributed by atoms with Crippen LogP contribution >= 0.6 is 16.3 Å². The van der Waals surface area contributed by atoms with Crippen LogP contribution in [0.5, 0.6) is 0 Å². The smallest absolute Gasteiger partial charge is 0.480 e. The molecule has 3 saturated heterocycles. The highest BCUT2D eigenvalue weighted by atomic mass is 31.2. The summed E-state index contributed by atoms with van der Waals surface area (Å²) in [4.78, 5) is 236. The highest BCUT2D eigenvalue weighted by molar-refractivity contribution is 7.53. The molecule has 0 spiro atoms. The second-order valence-electron chi connectivity index (χ2n) is 23.7. The van der Waals surface area contributed by atoms with Gasteiger partial charge < -0.3 is 78.9 Å². The summed E-state index contributed by atoms with van der Waals surface area (Å²) in [5.41, 5.74) is 9.25. The van der Waals surface area contributed by atoms with E-state index in [1.54, 1.807) is 27.7 Å². The molecule has 0 saturated carbocycles. The van der Waals surface area contributed by atoms with E-state index in [9.17, 15) is 96.8 Å². The number of rotatable bonds is 36. The number of carbonyl (C=O) groups is 13. The number of carboxylic acids is 1. The van der Waals surface area contributed by atoms with Crippen molar-refractivity contribution in [1.29, 1.82) is 0 Å². The SMILES string of the molecule is CC(C)C[C@H](NC(=O)CNC(=O)[C@H](CO)NC(=O)[C@@H]1CCCN1C(=O)[C@@H]([NH3+])CC(C)C)C(=O)N[C@@H](CC(C)C)C(=O)N[C@H](C(=O)N1CCC[C@H]1C(=O)N1CCC[C@H]1C(=O)N[C@@H](CCC(N)=O)C(=O)N[C@@H](CO[P+](O)(O)O)C(=O)NCC(=O)O)[C@H](C)O[P+](O)(O)O. The van der Waals surface area contributed by atoms with Gasteiger partial charge in [0.25, 0.3) is 5.91 Å². The first-order valence-electron chi connectivity index (χ1n) is 29.5. The Morgan fingerprint density at radius 3 is 1.51 bits per heavy atom. The fourth-order valence-electron chi connectivity index (χ4n) is 10.5. The third-order valence-electron chi connectivity index (χ3n) is 14.7. The number of aliphatic hydroxyl groups is 1. The number of aliphatic hydroxyl groups excluding tert-OH is 1. The molecule has 90 heavy (non-hydrogen) atoms. The van der Waals surface area contributed by atoms with E-state index >= 15 is 0 Å². The number of carboxylic acid groups (broad SMARTS) is 1. The Bertz CT molecular complexity index is 2560. The third-order valence-corrected chi connectivity index (χ3v) is 15.8. The van der Waals surface area contributed by atoms with Gasteiger partial charge in [0.1, 0.15) is 73.6 Å². The number of likely N-dealkylation sites (tertiary alicyclic amines) is 3. The van der Waals surface area contributed by atoms with Crippen LogP contribution in [-0.4, -0.2) is 244 Å². The molecule has 3 heterocycles. The molecule has 12 amide bonds. The molecule has 21 N–H and O–H groups in total. The summed E-state index contributed by atoms with van der Waals surface area (Å²) < 4.78 is 9.47. The molecule has 0 unspecified atom stereocenters. The molecule has 11 atom stereocenters. The maximum atomic E-state index is 14.7. The van der Waals surface area contributed by atoms with Crippen molar-refractivity contribution in [2.75, 3.05) is 45.9 Å². The van der Waals surface area contributed by atoms with Crippen LogP contribution in [0.25, 0.3) is 0 Å². The highest BCUT2D eigenvalue weighted by Crippen LogP contribution is 2.48. The van der Waals surface area contributed by atoms with Gasteiger partial charge in [-0.3, -0.25) is 62.3 Å². The van der Waals surface area contributed by atoms with Crippen LogP contribution in [0.3, 0.4) is 0 Å². The third kappa shape index (κ3) is 25.7.